The van der Waals surface area contributed by atoms with Crippen molar-refractivity contribution in [2.75, 3.05) is 6.54 Å². The number of hydrogen-bond donors (Lipinski definition) is 0. The van der Waals surface area contributed by atoms with Crippen LogP contribution in [0.4, 0.5) is 0 Å². The summed E-state index contributed by atoms with van der Waals surface area (Å²) >= 11 is 6.32. The van der Waals surface area contributed by atoms with Gasteiger partial charge >= 0.3 is 0 Å². The minimum absolute atomic E-state index is 1.17. The molecular formula is C5H14ClNSi2. The summed E-state index contributed by atoms with van der Waals surface area (Å²) in [5, 5.41) is 0. The van der Waals surface area contributed by atoms with Gasteiger partial charge in [0.15, 0.2) is 0 Å². The summed E-state index contributed by atoms with van der Waals surface area (Å²) in [4.78, 5) is 0. The average Bonchev–Trinajstić information content (AvgIpc) is 1.77. The van der Waals surface area contributed by atoms with Crippen LogP contribution in [-0.2, 0) is 0 Å². The lowest BCUT2D eigenvalue weighted by atomic mass is 10.3. The second kappa shape index (κ2) is 2.74. The topological polar surface area (TPSA) is 3.24 Å². The first kappa shape index (κ1) is 7.79. The fraction of sp³-hybridized carbons (Fsp3) is 1.00. The van der Waals surface area contributed by atoms with Crippen molar-refractivity contribution in [3.63, 3.8) is 0 Å². The molecular weight excluding hydrogens is 166 g/mol. The van der Waals surface area contributed by atoms with Crippen molar-refractivity contribution in [1.82, 2.24) is 4.23 Å². The Kier molecular flexibility index (Phi) is 2.37. The predicted octanol–water partition coefficient (Wildman–Crippen LogP) is 0.673. The highest BCUT2D eigenvalue weighted by atomic mass is 35.6. The first-order valence-corrected chi connectivity index (χ1v) is 8.09. The molecule has 0 aromatic heterocycles. The Labute approximate surface area is 65.7 Å². The third-order valence-corrected chi connectivity index (χ3v) is 10.9. The van der Waals surface area contributed by atoms with E-state index in [0.29, 0.717) is 0 Å². The van der Waals surface area contributed by atoms with Crippen LogP contribution in [-0.4, -0.2) is 28.7 Å². The Hall–Kier alpha value is 0.684. The number of hydrogen-bond acceptors (Lipinski definition) is 1. The average molecular weight is 180 g/mol. The molecule has 0 amide bonds. The molecule has 1 aliphatic heterocycles. The summed E-state index contributed by atoms with van der Waals surface area (Å²) in [6.07, 6.45) is 2.74. The van der Waals surface area contributed by atoms with Crippen LogP contribution in [0.3, 0.4) is 0 Å². The van der Waals surface area contributed by atoms with Crippen LogP contribution in [0.15, 0.2) is 0 Å². The molecule has 1 unspecified atom stereocenters. The van der Waals surface area contributed by atoms with Gasteiger partial charge in [-0.3, -0.25) is 0 Å². The van der Waals surface area contributed by atoms with Gasteiger partial charge in [0.1, 0.15) is 0 Å². The van der Waals surface area contributed by atoms with Crippen molar-refractivity contribution in [2.45, 2.75) is 25.4 Å². The summed E-state index contributed by atoms with van der Waals surface area (Å²) in [7, 11) is -0.154. The first-order chi connectivity index (χ1) is 4.13. The molecule has 9 heavy (non-hydrogen) atoms. The van der Waals surface area contributed by atoms with Crippen molar-refractivity contribution < 1.29 is 0 Å². The van der Waals surface area contributed by atoms with Gasteiger partial charge in [-0.1, -0.05) is 6.42 Å². The molecule has 1 rings (SSSR count). The lowest BCUT2D eigenvalue weighted by Gasteiger charge is -2.35. The van der Waals surface area contributed by atoms with Crippen LogP contribution < -0.4 is 0 Å². The van der Waals surface area contributed by atoms with E-state index in [4.69, 9.17) is 11.1 Å². The quantitative estimate of drug-likeness (QED) is 0.391. The van der Waals surface area contributed by atoms with Gasteiger partial charge in [0.2, 0.25) is 7.55 Å². The molecule has 1 fully saturated rings. The minimum atomic E-state index is -1.33. The Morgan fingerprint density at radius 1 is 1.56 bits per heavy atom. The fourth-order valence-corrected chi connectivity index (χ4v) is 4.76. The fourth-order valence-electron chi connectivity index (χ4n) is 1.22. The molecule has 1 atom stereocenters. The van der Waals surface area contributed by atoms with Crippen molar-refractivity contribution in [2.24, 2.45) is 0 Å². The van der Waals surface area contributed by atoms with Crippen molar-refractivity contribution in [3.05, 3.63) is 0 Å². The van der Waals surface area contributed by atoms with Gasteiger partial charge in [0.05, 0.1) is 10.4 Å². The summed E-state index contributed by atoms with van der Waals surface area (Å²) in [5.74, 6) is 0. The summed E-state index contributed by atoms with van der Waals surface area (Å²) < 4.78 is 2.50. The maximum atomic E-state index is 6.32. The highest BCUT2D eigenvalue weighted by Crippen LogP contribution is 2.25. The Morgan fingerprint density at radius 3 is 2.56 bits per heavy atom. The third-order valence-electron chi connectivity index (χ3n) is 2.17. The van der Waals surface area contributed by atoms with Crippen LogP contribution >= 0.6 is 11.1 Å². The van der Waals surface area contributed by atoms with E-state index < -0.39 is 7.55 Å². The molecule has 54 valence electrons. The molecule has 1 saturated heterocycles. The zero-order valence-electron chi connectivity index (χ0n) is 6.15. The van der Waals surface area contributed by atoms with Crippen molar-refractivity contribution >= 4 is 29.0 Å². The van der Waals surface area contributed by atoms with E-state index in [-0.39, 0.29) is 0 Å². The molecule has 0 N–H and O–H groups in total. The SMILES string of the molecule is C[Si]1(Cl)CCCCN1[SiH3]. The van der Waals surface area contributed by atoms with Gasteiger partial charge in [-0.15, -0.1) is 11.1 Å². The Morgan fingerprint density at radius 2 is 2.22 bits per heavy atom. The van der Waals surface area contributed by atoms with Crippen molar-refractivity contribution in [3.8, 4) is 0 Å². The maximum absolute atomic E-state index is 6.32. The van der Waals surface area contributed by atoms with Gasteiger partial charge in [-0.25, -0.2) is 0 Å². The van der Waals surface area contributed by atoms with E-state index in [9.17, 15) is 0 Å². The summed E-state index contributed by atoms with van der Waals surface area (Å²) in [5.41, 5.74) is 0. The van der Waals surface area contributed by atoms with Crippen LogP contribution in [0.1, 0.15) is 12.8 Å². The Balaban J connectivity index is 2.49. The van der Waals surface area contributed by atoms with E-state index in [1.54, 1.807) is 0 Å². The highest BCUT2D eigenvalue weighted by molar-refractivity contribution is 7.19. The maximum Gasteiger partial charge on any atom is 0.219 e. The zero-order chi connectivity index (χ0) is 6.91. The largest absolute Gasteiger partial charge is 0.341 e. The standard InChI is InChI=1S/C5H14ClNSi2/c1-9(6)5-3-2-4-7(9)8/h2-5H2,1,8H3. The molecule has 0 saturated carbocycles. The molecule has 1 heterocycles. The van der Waals surface area contributed by atoms with Crippen LogP contribution in [0.5, 0.6) is 0 Å². The highest BCUT2D eigenvalue weighted by Gasteiger charge is 2.31. The number of rotatable bonds is 0. The number of nitrogens with zero attached hydrogens (tertiary/aromatic N) is 1. The smallest absolute Gasteiger partial charge is 0.219 e. The van der Waals surface area contributed by atoms with Gasteiger partial charge in [-0.2, -0.15) is 0 Å². The molecule has 1 nitrogen and oxygen atoms in total. The molecule has 0 aliphatic carbocycles. The molecule has 0 aromatic rings. The molecule has 0 aromatic carbocycles. The van der Waals surface area contributed by atoms with Gasteiger partial charge in [0, 0.05) is 0 Å². The minimum Gasteiger partial charge on any atom is -0.341 e. The Bertz CT molecular complexity index is 107. The van der Waals surface area contributed by atoms with E-state index in [1.807, 2.05) is 0 Å². The van der Waals surface area contributed by atoms with Gasteiger partial charge in [-0.05, 0) is 25.6 Å². The van der Waals surface area contributed by atoms with E-state index >= 15 is 0 Å². The van der Waals surface area contributed by atoms with Crippen molar-refractivity contribution in [1.29, 1.82) is 0 Å². The zero-order valence-corrected chi connectivity index (χ0v) is 9.91. The molecule has 1 aliphatic rings. The van der Waals surface area contributed by atoms with E-state index in [2.05, 4.69) is 10.8 Å². The second-order valence-corrected chi connectivity index (χ2v) is 11.0. The third kappa shape index (κ3) is 1.80. The van der Waals surface area contributed by atoms with Crippen LogP contribution in [0.2, 0.25) is 12.6 Å². The molecule has 4 heteroatoms. The molecule has 0 spiro atoms. The molecule has 0 bridgehead atoms. The summed E-state index contributed by atoms with van der Waals surface area (Å²) in [6, 6.07) is 1.30. The lowest BCUT2D eigenvalue weighted by Crippen LogP contribution is -2.48. The predicted molar refractivity (Wildman–Crippen MR) is 48.2 cm³/mol. The first-order valence-electron chi connectivity index (χ1n) is 3.53. The van der Waals surface area contributed by atoms with Gasteiger partial charge in [0.25, 0.3) is 0 Å². The van der Waals surface area contributed by atoms with E-state index in [1.165, 1.54) is 35.8 Å². The summed E-state index contributed by atoms with van der Waals surface area (Å²) in [6.45, 7) is 3.54. The van der Waals surface area contributed by atoms with E-state index in [0.717, 1.165) is 0 Å². The monoisotopic (exact) mass is 179 g/mol. The molecule has 0 radical (unpaired) electrons. The lowest BCUT2D eigenvalue weighted by molar-refractivity contribution is 0.563. The van der Waals surface area contributed by atoms with Gasteiger partial charge < -0.3 is 4.23 Å². The normalized spacial score (nSPS) is 39.3. The van der Waals surface area contributed by atoms with Crippen LogP contribution in [0.25, 0.3) is 0 Å². The second-order valence-electron chi connectivity index (χ2n) is 3.02. The van der Waals surface area contributed by atoms with Crippen LogP contribution in [0, 0.1) is 0 Å². The number of halogens is 1.